The van der Waals surface area contributed by atoms with Gasteiger partial charge in [-0.3, -0.25) is 10.8 Å². The fourth-order valence-corrected chi connectivity index (χ4v) is 2.25. The minimum Gasteiger partial charge on any atom is -0.415 e. The highest BCUT2D eigenvalue weighted by molar-refractivity contribution is 8.14. The monoisotopic (exact) mass is 292 g/mol. The van der Waals surface area contributed by atoms with Crippen molar-refractivity contribution in [2.24, 2.45) is 0 Å². The molecule has 2 N–H and O–H groups in total. The van der Waals surface area contributed by atoms with E-state index in [4.69, 9.17) is 15.6 Å². The number of ether oxygens (including phenoxy) is 1. The van der Waals surface area contributed by atoms with Crippen LogP contribution in [0.1, 0.15) is 52.7 Å². The van der Waals surface area contributed by atoms with Crippen LogP contribution in [0.25, 0.3) is 0 Å². The predicted octanol–water partition coefficient (Wildman–Crippen LogP) is 4.79. The molecule has 20 heavy (non-hydrogen) atoms. The third-order valence-electron chi connectivity index (χ3n) is 2.61. The van der Waals surface area contributed by atoms with Crippen LogP contribution in [0.3, 0.4) is 0 Å². The highest BCUT2D eigenvalue weighted by Crippen LogP contribution is 2.25. The molecule has 3 nitrogen and oxygen atoms in total. The SMILES string of the molecule is CC(C)(C)SC(=N)OC(=N)c1ccc(C(C)(C)C)cc1. The van der Waals surface area contributed by atoms with Gasteiger partial charge in [0.05, 0.1) is 0 Å². The molecule has 0 saturated carbocycles. The van der Waals surface area contributed by atoms with Crippen LogP contribution in [0.4, 0.5) is 0 Å². The predicted molar refractivity (Wildman–Crippen MR) is 88.1 cm³/mol. The summed E-state index contributed by atoms with van der Waals surface area (Å²) >= 11 is 1.31. The largest absolute Gasteiger partial charge is 0.415 e. The molecule has 0 bridgehead atoms. The lowest BCUT2D eigenvalue weighted by Crippen LogP contribution is -2.17. The zero-order valence-corrected chi connectivity index (χ0v) is 13.9. The summed E-state index contributed by atoms with van der Waals surface area (Å²) in [4.78, 5) is 0. The van der Waals surface area contributed by atoms with Crippen molar-refractivity contribution in [1.82, 2.24) is 0 Å². The summed E-state index contributed by atoms with van der Waals surface area (Å²) in [6.45, 7) is 12.5. The number of nitrogens with one attached hydrogen (secondary N) is 2. The Morgan fingerprint density at radius 3 is 1.85 bits per heavy atom. The lowest BCUT2D eigenvalue weighted by atomic mass is 9.87. The molecule has 0 atom stereocenters. The van der Waals surface area contributed by atoms with Gasteiger partial charge in [0.25, 0.3) is 5.23 Å². The Kier molecular flexibility index (Phi) is 5.03. The summed E-state index contributed by atoms with van der Waals surface area (Å²) in [5.41, 5.74) is 2.00. The van der Waals surface area contributed by atoms with Gasteiger partial charge in [0.2, 0.25) is 5.90 Å². The van der Waals surface area contributed by atoms with Gasteiger partial charge in [-0.1, -0.05) is 65.4 Å². The van der Waals surface area contributed by atoms with Gasteiger partial charge in [-0.25, -0.2) is 0 Å². The van der Waals surface area contributed by atoms with E-state index in [0.717, 1.165) is 0 Å². The van der Waals surface area contributed by atoms with Crippen LogP contribution in [-0.2, 0) is 10.2 Å². The molecule has 0 saturated heterocycles. The molecule has 0 aromatic heterocycles. The van der Waals surface area contributed by atoms with E-state index in [2.05, 4.69) is 20.8 Å². The van der Waals surface area contributed by atoms with Crippen LogP contribution in [0, 0.1) is 10.8 Å². The maximum atomic E-state index is 7.92. The first kappa shape index (κ1) is 16.8. The summed E-state index contributed by atoms with van der Waals surface area (Å²) < 4.78 is 5.18. The third-order valence-corrected chi connectivity index (χ3v) is 3.49. The summed E-state index contributed by atoms with van der Waals surface area (Å²) in [6.07, 6.45) is 0. The molecule has 0 unspecified atom stereocenters. The topological polar surface area (TPSA) is 56.9 Å². The molecule has 110 valence electrons. The second-order valence-electron chi connectivity index (χ2n) is 6.76. The minimum absolute atomic E-state index is 0.0206. The van der Waals surface area contributed by atoms with Crippen molar-refractivity contribution in [1.29, 1.82) is 10.8 Å². The van der Waals surface area contributed by atoms with E-state index in [1.54, 1.807) is 0 Å². The number of benzene rings is 1. The van der Waals surface area contributed by atoms with E-state index in [1.807, 2.05) is 45.0 Å². The van der Waals surface area contributed by atoms with E-state index in [-0.39, 0.29) is 21.3 Å². The van der Waals surface area contributed by atoms with Gasteiger partial charge < -0.3 is 4.74 Å². The van der Waals surface area contributed by atoms with E-state index in [0.29, 0.717) is 5.56 Å². The fourth-order valence-electron chi connectivity index (χ4n) is 1.57. The van der Waals surface area contributed by atoms with Crippen molar-refractivity contribution in [3.63, 3.8) is 0 Å². The summed E-state index contributed by atoms with van der Waals surface area (Å²) in [5.74, 6) is 0.0206. The van der Waals surface area contributed by atoms with E-state index >= 15 is 0 Å². The Morgan fingerprint density at radius 2 is 1.45 bits per heavy atom. The van der Waals surface area contributed by atoms with Gasteiger partial charge in [0.1, 0.15) is 0 Å². The van der Waals surface area contributed by atoms with E-state index in [9.17, 15) is 0 Å². The normalized spacial score (nSPS) is 12.1. The lowest BCUT2D eigenvalue weighted by molar-refractivity contribution is 0.551. The zero-order valence-electron chi connectivity index (χ0n) is 13.1. The van der Waals surface area contributed by atoms with Crippen molar-refractivity contribution < 1.29 is 4.74 Å². The molecule has 1 rings (SSSR count). The second kappa shape index (κ2) is 6.00. The molecule has 0 spiro atoms. The van der Waals surface area contributed by atoms with Crippen LogP contribution < -0.4 is 0 Å². The van der Waals surface area contributed by atoms with Crippen molar-refractivity contribution in [3.8, 4) is 0 Å². The van der Waals surface area contributed by atoms with E-state index < -0.39 is 0 Å². The quantitative estimate of drug-likeness (QED) is 0.577. The molecular formula is C16H24N2OS. The van der Waals surface area contributed by atoms with Crippen LogP contribution >= 0.6 is 11.8 Å². The zero-order chi connectivity index (χ0) is 15.6. The molecule has 0 fully saturated rings. The molecule has 1 aromatic carbocycles. The van der Waals surface area contributed by atoms with Gasteiger partial charge in [-0.05, 0) is 23.1 Å². The first-order chi connectivity index (χ1) is 8.99. The summed E-state index contributed by atoms with van der Waals surface area (Å²) in [7, 11) is 0. The Hall–Kier alpha value is -1.29. The van der Waals surface area contributed by atoms with Crippen molar-refractivity contribution in [2.75, 3.05) is 0 Å². The molecule has 0 radical (unpaired) electrons. The Morgan fingerprint density at radius 1 is 0.950 bits per heavy atom. The first-order valence-electron chi connectivity index (χ1n) is 6.64. The van der Waals surface area contributed by atoms with Crippen LogP contribution in [0.5, 0.6) is 0 Å². The number of hydrogen-bond donors (Lipinski definition) is 2. The average Bonchev–Trinajstić information content (AvgIpc) is 2.25. The van der Waals surface area contributed by atoms with Gasteiger partial charge in [-0.15, -0.1) is 0 Å². The molecule has 0 heterocycles. The minimum atomic E-state index is -0.0898. The van der Waals surface area contributed by atoms with Gasteiger partial charge >= 0.3 is 0 Å². The molecule has 4 heteroatoms. The highest BCUT2D eigenvalue weighted by atomic mass is 32.2. The maximum Gasteiger partial charge on any atom is 0.250 e. The van der Waals surface area contributed by atoms with E-state index in [1.165, 1.54) is 17.3 Å². The van der Waals surface area contributed by atoms with Crippen LogP contribution in [-0.4, -0.2) is 15.9 Å². The third kappa shape index (κ3) is 5.37. The van der Waals surface area contributed by atoms with Crippen molar-refractivity contribution in [3.05, 3.63) is 35.4 Å². The lowest BCUT2D eigenvalue weighted by Gasteiger charge is -2.20. The van der Waals surface area contributed by atoms with Crippen molar-refractivity contribution >= 4 is 22.9 Å². The van der Waals surface area contributed by atoms with Crippen LogP contribution in [0.2, 0.25) is 0 Å². The Balaban J connectivity index is 2.72. The number of hydrogen-bond acceptors (Lipinski definition) is 4. The highest BCUT2D eigenvalue weighted by Gasteiger charge is 2.18. The molecular weight excluding hydrogens is 268 g/mol. The first-order valence-corrected chi connectivity index (χ1v) is 7.45. The fraction of sp³-hybridized carbons (Fsp3) is 0.500. The maximum absolute atomic E-state index is 7.92. The van der Waals surface area contributed by atoms with Gasteiger partial charge in [0, 0.05) is 10.3 Å². The van der Waals surface area contributed by atoms with Gasteiger partial charge in [0.15, 0.2) is 0 Å². The Labute approximate surface area is 126 Å². The van der Waals surface area contributed by atoms with Gasteiger partial charge in [-0.2, -0.15) is 0 Å². The molecule has 0 aliphatic rings. The molecule has 0 amide bonds. The van der Waals surface area contributed by atoms with Crippen molar-refractivity contribution in [2.45, 2.75) is 51.7 Å². The summed E-state index contributed by atoms with van der Waals surface area (Å²) in [6, 6.07) is 7.76. The second-order valence-corrected chi connectivity index (χ2v) is 8.56. The number of thioether (sulfide) groups is 1. The standard InChI is InChI=1S/C16H24N2OS/c1-15(2,3)12-9-7-11(8-10-12)13(17)19-14(18)20-16(4,5)6/h7-10,17-18H,1-6H3. The molecule has 0 aliphatic heterocycles. The number of rotatable bonds is 1. The smallest absolute Gasteiger partial charge is 0.250 e. The molecule has 1 aromatic rings. The Bertz CT molecular complexity index is 493. The molecule has 0 aliphatic carbocycles. The van der Waals surface area contributed by atoms with Crippen LogP contribution in [0.15, 0.2) is 24.3 Å². The average molecular weight is 292 g/mol. The summed E-state index contributed by atoms with van der Waals surface area (Å²) in [5, 5.41) is 15.7.